The standard InChI is InChI=1S/C32H42N2O2/c1-8-15-30(36-21-20-28(10-3)33-24(5)9-2)18-13-12-17-29(11-4)34-25(6)22-31-27(23-26(7)35)16-14-19-32(31)34/h8-9,11-12,14-19,22H,10,13,20-21,23H2,1-7H3/b15-8-,17-12+,24-9-,29-11-,30-18?,33-28?. The van der Waals surface area contributed by atoms with E-state index < -0.39 is 0 Å². The molecule has 36 heavy (non-hydrogen) atoms. The van der Waals surface area contributed by atoms with E-state index >= 15 is 0 Å². The quantitative estimate of drug-likeness (QED) is 0.162. The molecule has 0 atom stereocenters. The second-order valence-corrected chi connectivity index (χ2v) is 8.87. The van der Waals surface area contributed by atoms with Crippen LogP contribution in [0.4, 0.5) is 0 Å². The predicted molar refractivity (Wildman–Crippen MR) is 155 cm³/mol. The average molecular weight is 487 g/mol. The van der Waals surface area contributed by atoms with Gasteiger partial charge in [-0.05, 0) is 90.3 Å². The fraction of sp³-hybridized carbons (Fsp3) is 0.375. The summed E-state index contributed by atoms with van der Waals surface area (Å²) in [6, 6.07) is 8.37. The molecule has 2 rings (SSSR count). The van der Waals surface area contributed by atoms with E-state index in [0.717, 1.165) is 64.3 Å². The number of aliphatic imine (C=N–C) groups is 1. The molecular formula is C32H42N2O2. The predicted octanol–water partition coefficient (Wildman–Crippen LogP) is 8.53. The number of allylic oxidation sites excluding steroid dienone is 9. The van der Waals surface area contributed by atoms with Crippen molar-refractivity contribution in [1.82, 2.24) is 4.57 Å². The van der Waals surface area contributed by atoms with Gasteiger partial charge in [0.15, 0.2) is 0 Å². The van der Waals surface area contributed by atoms with E-state index in [-0.39, 0.29) is 5.78 Å². The number of nitrogens with zero attached hydrogens (tertiary/aromatic N) is 2. The third-order valence-corrected chi connectivity index (χ3v) is 6.01. The summed E-state index contributed by atoms with van der Waals surface area (Å²) >= 11 is 0. The fourth-order valence-electron chi connectivity index (χ4n) is 4.11. The molecule has 0 amide bonds. The van der Waals surface area contributed by atoms with Crippen molar-refractivity contribution in [3.63, 3.8) is 0 Å². The zero-order chi connectivity index (χ0) is 26.5. The maximum atomic E-state index is 11.7. The maximum absolute atomic E-state index is 11.7. The van der Waals surface area contributed by atoms with Crippen LogP contribution in [0.5, 0.6) is 0 Å². The summed E-state index contributed by atoms with van der Waals surface area (Å²) in [7, 11) is 0. The first kappa shape index (κ1) is 28.8. The zero-order valence-corrected chi connectivity index (χ0v) is 23.1. The van der Waals surface area contributed by atoms with Gasteiger partial charge in [-0.2, -0.15) is 0 Å². The maximum Gasteiger partial charge on any atom is 0.134 e. The van der Waals surface area contributed by atoms with Crippen LogP contribution < -0.4 is 0 Å². The summed E-state index contributed by atoms with van der Waals surface area (Å²) in [4.78, 5) is 16.4. The molecule has 4 nitrogen and oxygen atoms in total. The molecule has 1 heterocycles. The highest BCUT2D eigenvalue weighted by atomic mass is 16.5. The Balaban J connectivity index is 2.13. The van der Waals surface area contributed by atoms with Crippen molar-refractivity contribution < 1.29 is 9.53 Å². The number of aryl methyl sites for hydroxylation is 1. The number of rotatable bonds is 13. The minimum Gasteiger partial charge on any atom is -0.494 e. The molecule has 0 radical (unpaired) electrons. The van der Waals surface area contributed by atoms with Gasteiger partial charge in [-0.1, -0.05) is 43.4 Å². The minimum atomic E-state index is 0.177. The third kappa shape index (κ3) is 8.37. The first-order valence-electron chi connectivity index (χ1n) is 12.9. The summed E-state index contributed by atoms with van der Waals surface area (Å²) in [5.74, 6) is 1.05. The number of hydrogen-bond acceptors (Lipinski definition) is 3. The molecule has 0 saturated carbocycles. The highest BCUT2D eigenvalue weighted by molar-refractivity contribution is 5.92. The largest absolute Gasteiger partial charge is 0.494 e. The number of benzene rings is 1. The normalized spacial score (nSPS) is 14.0. The Labute approximate surface area is 217 Å². The second kappa shape index (κ2) is 14.9. The van der Waals surface area contributed by atoms with Crippen LogP contribution in [-0.4, -0.2) is 22.7 Å². The van der Waals surface area contributed by atoms with Crippen LogP contribution in [0, 0.1) is 6.92 Å². The summed E-state index contributed by atoms with van der Waals surface area (Å²) in [5.41, 5.74) is 6.65. The molecule has 0 aliphatic rings. The Kier molecular flexibility index (Phi) is 11.9. The fourth-order valence-corrected chi connectivity index (χ4v) is 4.11. The van der Waals surface area contributed by atoms with E-state index in [9.17, 15) is 4.79 Å². The molecule has 0 aliphatic heterocycles. The molecule has 192 valence electrons. The molecule has 1 aromatic carbocycles. The number of Topliss-reactive ketones (excluding diaryl/α,β-unsaturated/α-hetero) is 1. The number of ether oxygens (including phenoxy) is 1. The smallest absolute Gasteiger partial charge is 0.134 e. The first-order valence-corrected chi connectivity index (χ1v) is 12.9. The Morgan fingerprint density at radius 2 is 1.89 bits per heavy atom. The summed E-state index contributed by atoms with van der Waals surface area (Å²) in [5, 5.41) is 1.14. The highest BCUT2D eigenvalue weighted by Crippen LogP contribution is 2.27. The lowest BCUT2D eigenvalue weighted by molar-refractivity contribution is -0.116. The number of ketones is 1. The van der Waals surface area contributed by atoms with Gasteiger partial charge in [0.1, 0.15) is 11.5 Å². The van der Waals surface area contributed by atoms with Gasteiger partial charge in [0.25, 0.3) is 0 Å². The second-order valence-electron chi connectivity index (χ2n) is 8.87. The molecular weight excluding hydrogens is 444 g/mol. The van der Waals surface area contributed by atoms with E-state index in [1.165, 1.54) is 0 Å². The van der Waals surface area contributed by atoms with Crippen LogP contribution >= 0.6 is 0 Å². The molecule has 1 aromatic heterocycles. The van der Waals surface area contributed by atoms with Gasteiger partial charge in [0.05, 0.1) is 12.1 Å². The van der Waals surface area contributed by atoms with Crippen LogP contribution in [0.3, 0.4) is 0 Å². The number of hydrogen-bond donors (Lipinski definition) is 0. The van der Waals surface area contributed by atoms with Crippen molar-refractivity contribution in [2.75, 3.05) is 6.61 Å². The molecule has 0 N–H and O–H groups in total. The van der Waals surface area contributed by atoms with Gasteiger partial charge < -0.3 is 9.30 Å². The van der Waals surface area contributed by atoms with Crippen molar-refractivity contribution in [3.8, 4) is 0 Å². The number of carbonyl (C=O) groups excluding carboxylic acids is 1. The lowest BCUT2D eigenvalue weighted by Gasteiger charge is -2.10. The summed E-state index contributed by atoms with van der Waals surface area (Å²) < 4.78 is 8.30. The van der Waals surface area contributed by atoms with Gasteiger partial charge in [0, 0.05) is 41.0 Å². The van der Waals surface area contributed by atoms with Crippen LogP contribution in [-0.2, 0) is 16.0 Å². The number of aromatic nitrogens is 1. The highest BCUT2D eigenvalue weighted by Gasteiger charge is 2.11. The summed E-state index contributed by atoms with van der Waals surface area (Å²) in [6.45, 7) is 14.6. The lowest BCUT2D eigenvalue weighted by atomic mass is 10.1. The Morgan fingerprint density at radius 3 is 2.53 bits per heavy atom. The van der Waals surface area contributed by atoms with Crippen LogP contribution in [0.2, 0.25) is 0 Å². The van der Waals surface area contributed by atoms with Gasteiger partial charge in [0.2, 0.25) is 0 Å². The molecule has 0 bridgehead atoms. The molecule has 0 spiro atoms. The van der Waals surface area contributed by atoms with Crippen molar-refractivity contribution in [3.05, 3.63) is 89.5 Å². The van der Waals surface area contributed by atoms with Gasteiger partial charge in [-0.3, -0.25) is 9.79 Å². The van der Waals surface area contributed by atoms with Crippen molar-refractivity contribution >= 4 is 28.1 Å². The lowest BCUT2D eigenvalue weighted by Crippen LogP contribution is -2.03. The zero-order valence-electron chi connectivity index (χ0n) is 23.1. The molecule has 0 saturated heterocycles. The number of fused-ring (bicyclic) bond motifs is 1. The van der Waals surface area contributed by atoms with E-state index in [1.807, 2.05) is 51.1 Å². The van der Waals surface area contributed by atoms with Gasteiger partial charge in [-0.15, -0.1) is 0 Å². The van der Waals surface area contributed by atoms with E-state index in [0.29, 0.717) is 13.0 Å². The van der Waals surface area contributed by atoms with E-state index in [2.05, 4.69) is 66.8 Å². The van der Waals surface area contributed by atoms with Crippen molar-refractivity contribution in [2.45, 2.75) is 74.1 Å². The van der Waals surface area contributed by atoms with E-state index in [1.54, 1.807) is 6.92 Å². The molecule has 0 unspecified atom stereocenters. The van der Waals surface area contributed by atoms with E-state index in [4.69, 9.17) is 4.74 Å². The monoisotopic (exact) mass is 486 g/mol. The molecule has 4 heteroatoms. The first-order chi connectivity index (χ1) is 17.3. The van der Waals surface area contributed by atoms with Crippen molar-refractivity contribution in [2.24, 2.45) is 4.99 Å². The van der Waals surface area contributed by atoms with Gasteiger partial charge >= 0.3 is 0 Å². The van der Waals surface area contributed by atoms with Gasteiger partial charge in [-0.25, -0.2) is 0 Å². The minimum absolute atomic E-state index is 0.177. The molecule has 0 aliphatic carbocycles. The average Bonchev–Trinajstić information content (AvgIpc) is 3.19. The van der Waals surface area contributed by atoms with Crippen molar-refractivity contribution in [1.29, 1.82) is 0 Å². The molecule has 0 fully saturated rings. The topological polar surface area (TPSA) is 43.6 Å². The van der Waals surface area contributed by atoms with Crippen LogP contribution in [0.15, 0.2) is 83.2 Å². The number of carbonyl (C=O) groups is 1. The van der Waals surface area contributed by atoms with Crippen LogP contribution in [0.25, 0.3) is 16.6 Å². The SMILES string of the molecule is C/C=C\C(=CC/C=C/C(=C/C)n1c(C)cc2c(CC(C)=O)cccc21)OCCC(CC)=N/C(C)=C\C. The van der Waals surface area contributed by atoms with Crippen LogP contribution in [0.1, 0.15) is 72.1 Å². The Morgan fingerprint density at radius 1 is 1.11 bits per heavy atom. The Bertz CT molecular complexity index is 1220. The summed E-state index contributed by atoms with van der Waals surface area (Å²) in [6.07, 6.45) is 17.5. The third-order valence-electron chi connectivity index (χ3n) is 6.01. The molecule has 2 aromatic rings. The Hall–Kier alpha value is -3.40.